The molecule has 0 aromatic heterocycles. The van der Waals surface area contributed by atoms with Crippen molar-refractivity contribution in [2.45, 2.75) is 85.5 Å². The van der Waals surface area contributed by atoms with E-state index in [1.165, 1.54) is 57.8 Å². The van der Waals surface area contributed by atoms with E-state index in [1.54, 1.807) is 0 Å². The summed E-state index contributed by atoms with van der Waals surface area (Å²) in [5.74, 6) is 1.76. The Bertz CT molecular complexity index is 128. The van der Waals surface area contributed by atoms with Gasteiger partial charge in [0.25, 0.3) is 0 Å². The van der Waals surface area contributed by atoms with Crippen LogP contribution in [0.5, 0.6) is 0 Å². The van der Waals surface area contributed by atoms with Crippen LogP contribution in [0.1, 0.15) is 85.5 Å². The molecule has 0 rings (SSSR count). The average Bonchev–Trinajstić information content (AvgIpc) is 2.31. The van der Waals surface area contributed by atoms with Crippen LogP contribution in [0.3, 0.4) is 0 Å². The van der Waals surface area contributed by atoms with E-state index in [-0.39, 0.29) is 0 Å². The van der Waals surface area contributed by atoms with Crippen molar-refractivity contribution in [2.75, 3.05) is 0 Å². The van der Waals surface area contributed by atoms with Crippen LogP contribution in [0.4, 0.5) is 0 Å². The van der Waals surface area contributed by atoms with Gasteiger partial charge in [-0.15, -0.1) is 0 Å². The second-order valence-electron chi connectivity index (χ2n) is 5.17. The summed E-state index contributed by atoms with van der Waals surface area (Å²) >= 11 is 0. The lowest BCUT2D eigenvalue weighted by atomic mass is 9.85. The van der Waals surface area contributed by atoms with Gasteiger partial charge in [-0.25, -0.2) is 0 Å². The molecule has 0 fully saturated rings. The monoisotopic (exact) mass is 225 g/mol. The minimum Gasteiger partial charge on any atom is -0.0654 e. The highest BCUT2D eigenvalue weighted by Crippen LogP contribution is 2.25. The molecule has 0 aromatic carbocycles. The minimum atomic E-state index is 0.876. The summed E-state index contributed by atoms with van der Waals surface area (Å²) < 4.78 is 0. The SMILES string of the molecule is CCCCCCC([CH]C(CC)CCC)CC. The molecule has 0 aromatic rings. The molecule has 0 amide bonds. The van der Waals surface area contributed by atoms with Gasteiger partial charge in [-0.05, 0) is 18.3 Å². The van der Waals surface area contributed by atoms with E-state index in [9.17, 15) is 0 Å². The van der Waals surface area contributed by atoms with Crippen LogP contribution in [0.25, 0.3) is 0 Å². The predicted octanol–water partition coefficient (Wildman–Crippen LogP) is 6.01. The van der Waals surface area contributed by atoms with Gasteiger partial charge in [0, 0.05) is 0 Å². The second kappa shape index (κ2) is 11.5. The van der Waals surface area contributed by atoms with E-state index in [0.717, 1.165) is 11.8 Å². The van der Waals surface area contributed by atoms with Crippen molar-refractivity contribution in [2.24, 2.45) is 11.8 Å². The zero-order valence-electron chi connectivity index (χ0n) is 12.1. The first-order chi connectivity index (χ1) is 7.78. The second-order valence-corrected chi connectivity index (χ2v) is 5.17. The Morgan fingerprint density at radius 2 is 1.31 bits per heavy atom. The molecule has 1 radical (unpaired) electrons. The number of rotatable bonds is 11. The molecule has 0 aliphatic carbocycles. The Morgan fingerprint density at radius 1 is 0.688 bits per heavy atom. The lowest BCUT2D eigenvalue weighted by Crippen LogP contribution is -2.09. The highest BCUT2D eigenvalue weighted by atomic mass is 14.2. The molecule has 0 N–H and O–H groups in total. The molecule has 0 aliphatic rings. The topological polar surface area (TPSA) is 0 Å². The van der Waals surface area contributed by atoms with Crippen molar-refractivity contribution < 1.29 is 0 Å². The molecule has 0 saturated heterocycles. The van der Waals surface area contributed by atoms with Crippen LogP contribution in [-0.2, 0) is 0 Å². The standard InChI is InChI=1S/C16H33/c1-5-9-10-11-13-16(8-4)14-15(7-3)12-6-2/h14-16H,5-13H2,1-4H3. The van der Waals surface area contributed by atoms with Gasteiger partial charge in [0.2, 0.25) is 0 Å². The highest BCUT2D eigenvalue weighted by Gasteiger charge is 2.13. The lowest BCUT2D eigenvalue weighted by Gasteiger charge is -2.21. The van der Waals surface area contributed by atoms with E-state index in [2.05, 4.69) is 34.1 Å². The van der Waals surface area contributed by atoms with E-state index in [0.29, 0.717) is 0 Å². The zero-order chi connectivity index (χ0) is 12.2. The molecule has 0 nitrogen and oxygen atoms in total. The Hall–Kier alpha value is 0. The summed E-state index contributed by atoms with van der Waals surface area (Å²) in [4.78, 5) is 0. The summed E-state index contributed by atoms with van der Waals surface area (Å²) in [5, 5.41) is 0. The molecule has 16 heavy (non-hydrogen) atoms. The summed E-state index contributed by atoms with van der Waals surface area (Å²) in [5.41, 5.74) is 0. The predicted molar refractivity (Wildman–Crippen MR) is 75.5 cm³/mol. The van der Waals surface area contributed by atoms with E-state index in [1.807, 2.05) is 0 Å². The van der Waals surface area contributed by atoms with Crippen LogP contribution in [0.2, 0.25) is 0 Å². The molecule has 0 heterocycles. The zero-order valence-corrected chi connectivity index (χ0v) is 12.1. The van der Waals surface area contributed by atoms with Crippen LogP contribution in [0, 0.1) is 18.3 Å². The molecule has 2 atom stereocenters. The number of unbranched alkanes of at least 4 members (excludes halogenated alkanes) is 3. The third-order valence-corrected chi connectivity index (χ3v) is 3.68. The molecule has 2 unspecified atom stereocenters. The first kappa shape index (κ1) is 16.0. The summed E-state index contributed by atoms with van der Waals surface area (Å²) in [7, 11) is 0. The molecular weight excluding hydrogens is 192 g/mol. The fraction of sp³-hybridized carbons (Fsp3) is 0.938. The summed E-state index contributed by atoms with van der Waals surface area (Å²) in [6.07, 6.45) is 15.1. The Morgan fingerprint density at radius 3 is 1.81 bits per heavy atom. The van der Waals surface area contributed by atoms with Crippen LogP contribution < -0.4 is 0 Å². The molecule has 0 spiro atoms. The van der Waals surface area contributed by atoms with Gasteiger partial charge in [-0.3, -0.25) is 0 Å². The Balaban J connectivity index is 3.70. The highest BCUT2D eigenvalue weighted by molar-refractivity contribution is 4.82. The van der Waals surface area contributed by atoms with E-state index < -0.39 is 0 Å². The smallest absolute Gasteiger partial charge is 0.0324 e. The molecule has 0 saturated carbocycles. The third kappa shape index (κ3) is 8.19. The maximum atomic E-state index is 2.66. The first-order valence-electron chi connectivity index (χ1n) is 7.63. The van der Waals surface area contributed by atoms with E-state index in [4.69, 9.17) is 0 Å². The van der Waals surface area contributed by atoms with Gasteiger partial charge >= 0.3 is 0 Å². The summed E-state index contributed by atoms with van der Waals surface area (Å²) in [6.45, 7) is 9.27. The molecular formula is C16H33. The van der Waals surface area contributed by atoms with Gasteiger partial charge in [0.05, 0.1) is 0 Å². The van der Waals surface area contributed by atoms with Gasteiger partial charge < -0.3 is 0 Å². The molecule has 97 valence electrons. The lowest BCUT2D eigenvalue weighted by molar-refractivity contribution is 0.409. The van der Waals surface area contributed by atoms with E-state index >= 15 is 0 Å². The number of hydrogen-bond donors (Lipinski definition) is 0. The van der Waals surface area contributed by atoms with Crippen molar-refractivity contribution in [1.29, 1.82) is 0 Å². The average molecular weight is 225 g/mol. The Kier molecular flexibility index (Phi) is 11.5. The van der Waals surface area contributed by atoms with Gasteiger partial charge in [0.1, 0.15) is 0 Å². The number of hydrogen-bond acceptors (Lipinski definition) is 0. The minimum absolute atomic E-state index is 0.876. The normalized spacial score (nSPS) is 15.0. The fourth-order valence-electron chi connectivity index (χ4n) is 2.46. The maximum Gasteiger partial charge on any atom is -0.0324 e. The van der Waals surface area contributed by atoms with Crippen molar-refractivity contribution in [3.8, 4) is 0 Å². The summed E-state index contributed by atoms with van der Waals surface area (Å²) in [6, 6.07) is 0. The van der Waals surface area contributed by atoms with Crippen LogP contribution in [0.15, 0.2) is 0 Å². The molecule has 0 aliphatic heterocycles. The quantitative estimate of drug-likeness (QED) is 0.377. The third-order valence-electron chi connectivity index (χ3n) is 3.68. The van der Waals surface area contributed by atoms with Crippen molar-refractivity contribution in [1.82, 2.24) is 0 Å². The fourth-order valence-corrected chi connectivity index (χ4v) is 2.46. The van der Waals surface area contributed by atoms with Gasteiger partial charge in [-0.1, -0.05) is 85.5 Å². The molecule has 0 heteroatoms. The largest absolute Gasteiger partial charge is 0.0654 e. The first-order valence-corrected chi connectivity index (χ1v) is 7.63. The van der Waals surface area contributed by atoms with Crippen molar-refractivity contribution >= 4 is 0 Å². The van der Waals surface area contributed by atoms with Crippen LogP contribution >= 0.6 is 0 Å². The molecule has 0 bridgehead atoms. The van der Waals surface area contributed by atoms with Crippen molar-refractivity contribution in [3.05, 3.63) is 6.42 Å². The Labute approximate surface area is 104 Å². The van der Waals surface area contributed by atoms with Crippen molar-refractivity contribution in [3.63, 3.8) is 0 Å². The van der Waals surface area contributed by atoms with Gasteiger partial charge in [0.15, 0.2) is 0 Å². The van der Waals surface area contributed by atoms with Crippen LogP contribution in [-0.4, -0.2) is 0 Å². The van der Waals surface area contributed by atoms with Gasteiger partial charge in [-0.2, -0.15) is 0 Å². The maximum absolute atomic E-state index is 2.66.